The van der Waals surface area contributed by atoms with Gasteiger partial charge in [-0.3, -0.25) is 4.90 Å². The van der Waals surface area contributed by atoms with Crippen LogP contribution >= 0.6 is 0 Å². The maximum absolute atomic E-state index is 5.78. The minimum absolute atomic E-state index is 0.251. The Morgan fingerprint density at radius 1 is 1.33 bits per heavy atom. The Balaban J connectivity index is 1.65. The number of rotatable bonds is 3. The number of nitrogens with zero attached hydrogens (tertiary/aromatic N) is 1. The molecule has 98 valence electrons. The SMILES string of the molecule is CC(C)C1CN(Cc2ccccc2)CCC12CO2. The molecule has 0 N–H and O–H groups in total. The summed E-state index contributed by atoms with van der Waals surface area (Å²) in [5.41, 5.74) is 1.68. The number of epoxide rings is 1. The van der Waals surface area contributed by atoms with E-state index in [1.165, 1.54) is 25.1 Å². The first kappa shape index (κ1) is 12.2. The van der Waals surface area contributed by atoms with E-state index in [4.69, 9.17) is 4.74 Å². The summed E-state index contributed by atoms with van der Waals surface area (Å²) in [7, 11) is 0. The van der Waals surface area contributed by atoms with Crippen molar-refractivity contribution in [2.45, 2.75) is 32.4 Å². The first-order chi connectivity index (χ1) is 8.70. The van der Waals surface area contributed by atoms with Crippen LogP contribution in [0, 0.1) is 11.8 Å². The van der Waals surface area contributed by atoms with Gasteiger partial charge in [-0.25, -0.2) is 0 Å². The van der Waals surface area contributed by atoms with Crippen molar-refractivity contribution in [3.63, 3.8) is 0 Å². The zero-order valence-electron chi connectivity index (χ0n) is 11.4. The lowest BCUT2D eigenvalue weighted by Crippen LogP contribution is -2.47. The van der Waals surface area contributed by atoms with Crippen LogP contribution in [0.25, 0.3) is 0 Å². The van der Waals surface area contributed by atoms with Crippen molar-refractivity contribution < 1.29 is 4.74 Å². The molecule has 2 saturated heterocycles. The summed E-state index contributed by atoms with van der Waals surface area (Å²) in [6.07, 6.45) is 1.21. The minimum atomic E-state index is 0.251. The first-order valence-electron chi connectivity index (χ1n) is 7.10. The molecule has 2 atom stereocenters. The van der Waals surface area contributed by atoms with E-state index in [1.54, 1.807) is 0 Å². The summed E-state index contributed by atoms with van der Waals surface area (Å²) in [6, 6.07) is 10.8. The van der Waals surface area contributed by atoms with Gasteiger partial charge in [0.2, 0.25) is 0 Å². The van der Waals surface area contributed by atoms with Crippen LogP contribution in [-0.4, -0.2) is 30.2 Å². The molecule has 0 bridgehead atoms. The smallest absolute Gasteiger partial charge is 0.0971 e. The van der Waals surface area contributed by atoms with Gasteiger partial charge in [-0.1, -0.05) is 44.2 Å². The third-order valence-electron chi connectivity index (χ3n) is 4.55. The molecule has 2 heterocycles. The number of hydrogen-bond donors (Lipinski definition) is 0. The van der Waals surface area contributed by atoms with E-state index in [0.717, 1.165) is 13.2 Å². The molecular weight excluding hydrogens is 222 g/mol. The van der Waals surface area contributed by atoms with Gasteiger partial charge in [-0.05, 0) is 17.9 Å². The summed E-state index contributed by atoms with van der Waals surface area (Å²) >= 11 is 0. The van der Waals surface area contributed by atoms with Gasteiger partial charge in [0, 0.05) is 25.6 Å². The van der Waals surface area contributed by atoms with Gasteiger partial charge in [-0.2, -0.15) is 0 Å². The van der Waals surface area contributed by atoms with E-state index in [9.17, 15) is 0 Å². The molecule has 2 unspecified atom stereocenters. The second-order valence-corrected chi connectivity index (χ2v) is 6.17. The Bertz CT molecular complexity index is 397. The lowest BCUT2D eigenvalue weighted by Gasteiger charge is -2.39. The zero-order valence-corrected chi connectivity index (χ0v) is 11.4. The predicted molar refractivity (Wildman–Crippen MR) is 73.3 cm³/mol. The van der Waals surface area contributed by atoms with E-state index in [1.807, 2.05) is 0 Å². The van der Waals surface area contributed by atoms with Crippen molar-refractivity contribution in [3.8, 4) is 0 Å². The molecule has 3 rings (SSSR count). The van der Waals surface area contributed by atoms with Crippen LogP contribution in [0.1, 0.15) is 25.8 Å². The number of ether oxygens (including phenoxy) is 1. The molecule has 2 aliphatic rings. The van der Waals surface area contributed by atoms with Crippen LogP contribution in [0.4, 0.5) is 0 Å². The third kappa shape index (κ3) is 2.32. The average molecular weight is 245 g/mol. The Morgan fingerprint density at radius 2 is 2.06 bits per heavy atom. The normalized spacial score (nSPS) is 32.1. The minimum Gasteiger partial charge on any atom is -0.369 e. The number of likely N-dealkylation sites (tertiary alicyclic amines) is 1. The van der Waals surface area contributed by atoms with E-state index in [-0.39, 0.29) is 5.60 Å². The summed E-state index contributed by atoms with van der Waals surface area (Å²) < 4.78 is 5.78. The van der Waals surface area contributed by atoms with Gasteiger partial charge in [0.05, 0.1) is 12.2 Å². The molecule has 1 spiro atoms. The lowest BCUT2D eigenvalue weighted by molar-refractivity contribution is 0.0543. The summed E-state index contributed by atoms with van der Waals surface area (Å²) in [4.78, 5) is 2.59. The Morgan fingerprint density at radius 3 is 2.67 bits per heavy atom. The molecule has 0 amide bonds. The van der Waals surface area contributed by atoms with Gasteiger partial charge in [0.25, 0.3) is 0 Å². The van der Waals surface area contributed by atoms with E-state index >= 15 is 0 Å². The number of benzene rings is 1. The number of piperidine rings is 1. The maximum Gasteiger partial charge on any atom is 0.0971 e. The quantitative estimate of drug-likeness (QED) is 0.761. The van der Waals surface area contributed by atoms with E-state index < -0.39 is 0 Å². The van der Waals surface area contributed by atoms with Gasteiger partial charge in [-0.15, -0.1) is 0 Å². The van der Waals surface area contributed by atoms with Gasteiger partial charge >= 0.3 is 0 Å². The van der Waals surface area contributed by atoms with Crippen molar-refractivity contribution in [2.75, 3.05) is 19.7 Å². The van der Waals surface area contributed by atoms with Crippen LogP contribution in [0.2, 0.25) is 0 Å². The Hall–Kier alpha value is -0.860. The Labute approximate surface area is 110 Å². The van der Waals surface area contributed by atoms with Crippen LogP contribution in [0.5, 0.6) is 0 Å². The fourth-order valence-electron chi connectivity index (χ4n) is 3.32. The fourth-order valence-corrected chi connectivity index (χ4v) is 3.32. The van der Waals surface area contributed by atoms with Crippen molar-refractivity contribution >= 4 is 0 Å². The second kappa shape index (κ2) is 4.67. The van der Waals surface area contributed by atoms with Gasteiger partial charge in [0.1, 0.15) is 0 Å². The highest BCUT2D eigenvalue weighted by molar-refractivity contribution is 5.15. The van der Waals surface area contributed by atoms with Crippen molar-refractivity contribution in [1.29, 1.82) is 0 Å². The van der Waals surface area contributed by atoms with Crippen LogP contribution in [-0.2, 0) is 11.3 Å². The van der Waals surface area contributed by atoms with Crippen molar-refractivity contribution in [3.05, 3.63) is 35.9 Å². The molecule has 2 nitrogen and oxygen atoms in total. The largest absolute Gasteiger partial charge is 0.369 e. The molecule has 2 fully saturated rings. The molecule has 2 heteroatoms. The van der Waals surface area contributed by atoms with Crippen LogP contribution in [0.15, 0.2) is 30.3 Å². The third-order valence-corrected chi connectivity index (χ3v) is 4.55. The Kier molecular flexibility index (Phi) is 3.16. The topological polar surface area (TPSA) is 15.8 Å². The highest BCUT2D eigenvalue weighted by atomic mass is 16.6. The van der Waals surface area contributed by atoms with E-state index in [0.29, 0.717) is 11.8 Å². The molecular formula is C16H23NO. The van der Waals surface area contributed by atoms with E-state index in [2.05, 4.69) is 49.1 Å². The zero-order chi connectivity index (χ0) is 12.6. The highest BCUT2D eigenvalue weighted by Crippen LogP contribution is 2.45. The highest BCUT2D eigenvalue weighted by Gasteiger charge is 2.54. The summed E-state index contributed by atoms with van der Waals surface area (Å²) in [5, 5.41) is 0. The average Bonchev–Trinajstić information content (AvgIpc) is 3.13. The molecule has 0 saturated carbocycles. The number of hydrogen-bond acceptors (Lipinski definition) is 2. The monoisotopic (exact) mass is 245 g/mol. The first-order valence-corrected chi connectivity index (χ1v) is 7.10. The molecule has 1 aromatic rings. The maximum atomic E-state index is 5.78. The molecule has 0 aromatic heterocycles. The van der Waals surface area contributed by atoms with Gasteiger partial charge < -0.3 is 4.74 Å². The predicted octanol–water partition coefficient (Wildman–Crippen LogP) is 2.93. The fraction of sp³-hybridized carbons (Fsp3) is 0.625. The van der Waals surface area contributed by atoms with Gasteiger partial charge in [0.15, 0.2) is 0 Å². The molecule has 18 heavy (non-hydrogen) atoms. The lowest BCUT2D eigenvalue weighted by atomic mass is 9.78. The summed E-state index contributed by atoms with van der Waals surface area (Å²) in [6.45, 7) is 9.11. The molecule has 1 aromatic carbocycles. The summed E-state index contributed by atoms with van der Waals surface area (Å²) in [5.74, 6) is 1.42. The van der Waals surface area contributed by atoms with Crippen LogP contribution in [0.3, 0.4) is 0 Å². The molecule has 0 radical (unpaired) electrons. The van der Waals surface area contributed by atoms with Crippen molar-refractivity contribution in [1.82, 2.24) is 4.90 Å². The standard InChI is InChI=1S/C16H23NO/c1-13(2)15-11-17(9-8-16(15)12-18-16)10-14-6-4-3-5-7-14/h3-7,13,15H,8-12H2,1-2H3. The van der Waals surface area contributed by atoms with Crippen LogP contribution < -0.4 is 0 Å². The molecule has 2 aliphatic heterocycles. The van der Waals surface area contributed by atoms with Crippen molar-refractivity contribution in [2.24, 2.45) is 11.8 Å². The molecule has 0 aliphatic carbocycles. The second-order valence-electron chi connectivity index (χ2n) is 6.17.